The Morgan fingerprint density at radius 2 is 2.20 bits per heavy atom. The van der Waals surface area contributed by atoms with Crippen molar-refractivity contribution in [2.75, 3.05) is 18.5 Å². The number of aliphatic hydroxyl groups is 1. The molecule has 1 aromatic rings. The molecule has 2 N–H and O–H groups in total. The summed E-state index contributed by atoms with van der Waals surface area (Å²) in [7, 11) is 0. The van der Waals surface area contributed by atoms with Crippen LogP contribution in [0.15, 0.2) is 15.5 Å². The minimum absolute atomic E-state index is 0.0430. The van der Waals surface area contributed by atoms with E-state index in [2.05, 4.69) is 26.3 Å². The van der Waals surface area contributed by atoms with Crippen molar-refractivity contribution in [2.24, 2.45) is 11.8 Å². The molecule has 20 heavy (non-hydrogen) atoms. The second kappa shape index (κ2) is 6.72. The molecule has 0 amide bonds. The number of hydrogen-bond acceptors (Lipinski definition) is 4. The van der Waals surface area contributed by atoms with Gasteiger partial charge in [-0.05, 0) is 54.5 Å². The van der Waals surface area contributed by atoms with Gasteiger partial charge in [0.1, 0.15) is 4.47 Å². The zero-order valence-electron chi connectivity index (χ0n) is 12.0. The maximum Gasteiger partial charge on any atom is 0.283 e. The van der Waals surface area contributed by atoms with Crippen molar-refractivity contribution in [1.82, 2.24) is 9.78 Å². The number of halogens is 1. The lowest BCUT2D eigenvalue weighted by Gasteiger charge is -2.19. The summed E-state index contributed by atoms with van der Waals surface area (Å²) in [5.41, 5.74) is 0.616. The molecule has 5 nitrogen and oxygen atoms in total. The zero-order chi connectivity index (χ0) is 14.7. The third-order valence-corrected chi connectivity index (χ3v) is 4.80. The first kappa shape index (κ1) is 15.5. The number of anilines is 1. The SMILES string of the molecule is CC(C)n1ncc(NCC2CCCC2CO)c(Br)c1=O. The first-order chi connectivity index (χ1) is 9.54. The third kappa shape index (κ3) is 3.23. The molecule has 1 aliphatic carbocycles. The van der Waals surface area contributed by atoms with Gasteiger partial charge in [-0.25, -0.2) is 4.68 Å². The summed E-state index contributed by atoms with van der Waals surface area (Å²) < 4.78 is 1.99. The minimum Gasteiger partial charge on any atom is -0.396 e. The standard InChI is InChI=1S/C14H22BrN3O2/c1-9(2)18-14(20)13(15)12(7-17-18)16-6-10-4-3-5-11(10)8-19/h7,9-11,16,19H,3-6,8H2,1-2H3. The Bertz CT molecular complexity index is 516. The van der Waals surface area contributed by atoms with Crippen LogP contribution in [-0.2, 0) is 0 Å². The molecule has 0 bridgehead atoms. The maximum atomic E-state index is 12.1. The zero-order valence-corrected chi connectivity index (χ0v) is 13.6. The van der Waals surface area contributed by atoms with Gasteiger partial charge in [-0.3, -0.25) is 4.79 Å². The number of hydrogen-bond donors (Lipinski definition) is 2. The van der Waals surface area contributed by atoms with E-state index in [-0.39, 0.29) is 18.2 Å². The average molecular weight is 344 g/mol. The molecule has 0 aromatic carbocycles. The van der Waals surface area contributed by atoms with E-state index in [0.717, 1.165) is 25.1 Å². The molecule has 2 unspecified atom stereocenters. The molecule has 1 saturated carbocycles. The normalized spacial score (nSPS) is 22.4. The van der Waals surface area contributed by atoms with Crippen LogP contribution >= 0.6 is 15.9 Å². The second-order valence-corrected chi connectivity index (χ2v) is 6.52. The van der Waals surface area contributed by atoms with Gasteiger partial charge in [0.05, 0.1) is 17.9 Å². The first-order valence-corrected chi connectivity index (χ1v) is 7.96. The van der Waals surface area contributed by atoms with Gasteiger partial charge in [0, 0.05) is 13.2 Å². The molecule has 1 aliphatic rings. The highest BCUT2D eigenvalue weighted by Crippen LogP contribution is 2.31. The highest BCUT2D eigenvalue weighted by molar-refractivity contribution is 9.10. The fourth-order valence-electron chi connectivity index (χ4n) is 2.80. The van der Waals surface area contributed by atoms with E-state index in [4.69, 9.17) is 0 Å². The van der Waals surface area contributed by atoms with Crippen LogP contribution in [-0.4, -0.2) is 28.0 Å². The van der Waals surface area contributed by atoms with Crippen molar-refractivity contribution in [1.29, 1.82) is 0 Å². The highest BCUT2D eigenvalue weighted by atomic mass is 79.9. The van der Waals surface area contributed by atoms with Crippen LogP contribution in [0.5, 0.6) is 0 Å². The molecule has 0 radical (unpaired) electrons. The molecule has 1 aromatic heterocycles. The first-order valence-electron chi connectivity index (χ1n) is 7.16. The number of aliphatic hydroxyl groups excluding tert-OH is 1. The lowest BCUT2D eigenvalue weighted by atomic mass is 9.97. The highest BCUT2D eigenvalue weighted by Gasteiger charge is 2.26. The molecule has 0 saturated heterocycles. The van der Waals surface area contributed by atoms with E-state index in [0.29, 0.717) is 16.3 Å². The topological polar surface area (TPSA) is 67.2 Å². The van der Waals surface area contributed by atoms with Crippen LogP contribution in [0.3, 0.4) is 0 Å². The van der Waals surface area contributed by atoms with Crippen molar-refractivity contribution in [3.05, 3.63) is 21.0 Å². The van der Waals surface area contributed by atoms with Gasteiger partial charge in [0.15, 0.2) is 0 Å². The Hall–Kier alpha value is -0.880. The van der Waals surface area contributed by atoms with Crippen LogP contribution in [0, 0.1) is 11.8 Å². The number of nitrogens with one attached hydrogen (secondary N) is 1. The Morgan fingerprint density at radius 3 is 2.85 bits per heavy atom. The van der Waals surface area contributed by atoms with Crippen LogP contribution in [0.25, 0.3) is 0 Å². The van der Waals surface area contributed by atoms with Gasteiger partial charge in [-0.15, -0.1) is 0 Å². The van der Waals surface area contributed by atoms with Crippen molar-refractivity contribution in [3.8, 4) is 0 Å². The molecule has 112 valence electrons. The summed E-state index contributed by atoms with van der Waals surface area (Å²) in [4.78, 5) is 12.1. The summed E-state index contributed by atoms with van der Waals surface area (Å²) in [6, 6.07) is 0.0430. The number of rotatable bonds is 5. The predicted molar refractivity (Wildman–Crippen MR) is 83.0 cm³/mol. The van der Waals surface area contributed by atoms with Crippen LogP contribution in [0.1, 0.15) is 39.2 Å². The smallest absolute Gasteiger partial charge is 0.283 e. The second-order valence-electron chi connectivity index (χ2n) is 5.73. The van der Waals surface area contributed by atoms with E-state index in [1.165, 1.54) is 11.1 Å². The van der Waals surface area contributed by atoms with Crippen molar-refractivity contribution in [3.63, 3.8) is 0 Å². The van der Waals surface area contributed by atoms with Gasteiger partial charge >= 0.3 is 0 Å². The molecule has 1 fully saturated rings. The molecule has 0 aliphatic heterocycles. The summed E-state index contributed by atoms with van der Waals surface area (Å²) in [6.45, 7) is 4.88. The van der Waals surface area contributed by atoms with Gasteiger partial charge in [-0.1, -0.05) is 6.42 Å². The molecular formula is C14H22BrN3O2. The Balaban J connectivity index is 2.07. The molecule has 2 atom stereocenters. The third-order valence-electron chi connectivity index (χ3n) is 4.04. The fraction of sp³-hybridized carbons (Fsp3) is 0.714. The van der Waals surface area contributed by atoms with Crippen molar-refractivity contribution < 1.29 is 5.11 Å². The van der Waals surface area contributed by atoms with E-state index in [1.807, 2.05) is 13.8 Å². The number of nitrogens with zero attached hydrogens (tertiary/aromatic N) is 2. The lowest BCUT2D eigenvalue weighted by Crippen LogP contribution is -2.27. The summed E-state index contributed by atoms with van der Waals surface area (Å²) >= 11 is 3.36. The summed E-state index contributed by atoms with van der Waals surface area (Å²) in [6.07, 6.45) is 5.09. The van der Waals surface area contributed by atoms with Crippen LogP contribution in [0.2, 0.25) is 0 Å². The molecule has 0 spiro atoms. The Kier molecular flexibility index (Phi) is 5.21. The number of aromatic nitrogens is 2. The quantitative estimate of drug-likeness (QED) is 0.861. The van der Waals surface area contributed by atoms with Crippen molar-refractivity contribution >= 4 is 21.6 Å². The van der Waals surface area contributed by atoms with Gasteiger partial charge < -0.3 is 10.4 Å². The van der Waals surface area contributed by atoms with E-state index >= 15 is 0 Å². The molecule has 1 heterocycles. The minimum atomic E-state index is -0.116. The van der Waals surface area contributed by atoms with Crippen LogP contribution in [0.4, 0.5) is 5.69 Å². The lowest BCUT2D eigenvalue weighted by molar-refractivity contribution is 0.199. The Morgan fingerprint density at radius 1 is 1.50 bits per heavy atom. The van der Waals surface area contributed by atoms with Crippen LogP contribution < -0.4 is 10.9 Å². The van der Waals surface area contributed by atoms with Gasteiger partial charge in [0.25, 0.3) is 5.56 Å². The van der Waals surface area contributed by atoms with Gasteiger partial charge in [0.2, 0.25) is 0 Å². The molecule has 6 heteroatoms. The monoisotopic (exact) mass is 343 g/mol. The van der Waals surface area contributed by atoms with E-state index in [9.17, 15) is 9.90 Å². The Labute approximate surface area is 127 Å². The summed E-state index contributed by atoms with van der Waals surface area (Å²) in [5.74, 6) is 0.852. The average Bonchev–Trinajstić information content (AvgIpc) is 2.87. The predicted octanol–water partition coefficient (Wildman–Crippen LogP) is 2.41. The fourth-order valence-corrected chi connectivity index (χ4v) is 3.22. The molecule has 2 rings (SSSR count). The summed E-state index contributed by atoms with van der Waals surface area (Å²) in [5, 5.41) is 16.8. The van der Waals surface area contributed by atoms with Crippen molar-refractivity contribution in [2.45, 2.75) is 39.2 Å². The van der Waals surface area contributed by atoms with E-state index in [1.54, 1.807) is 6.20 Å². The molecular weight excluding hydrogens is 322 g/mol. The largest absolute Gasteiger partial charge is 0.396 e. The maximum absolute atomic E-state index is 12.1. The van der Waals surface area contributed by atoms with E-state index < -0.39 is 0 Å². The van der Waals surface area contributed by atoms with Gasteiger partial charge in [-0.2, -0.15) is 5.10 Å².